The smallest absolute Gasteiger partial charge is 0.340 e. The van der Waals surface area contributed by atoms with Crippen LogP contribution in [0.5, 0.6) is 0 Å². The van der Waals surface area contributed by atoms with E-state index in [2.05, 4.69) is 10.6 Å². The lowest BCUT2D eigenvalue weighted by atomic mass is 10.1. The number of aliphatic hydroxyl groups excluding tert-OH is 1. The van der Waals surface area contributed by atoms with Gasteiger partial charge in [0, 0.05) is 5.69 Å². The average molecular weight is 370 g/mol. The SMILES string of the molecule is CCc1ccccc1NC(=O)CNC(=O)COC(=O)[C@H](O)c1ccccc1. The topological polar surface area (TPSA) is 105 Å². The van der Waals surface area contributed by atoms with Crippen molar-refractivity contribution in [1.82, 2.24) is 5.32 Å². The molecule has 0 aliphatic heterocycles. The van der Waals surface area contributed by atoms with Crippen LogP contribution in [0.2, 0.25) is 0 Å². The maximum atomic E-state index is 11.9. The number of carbonyl (C=O) groups excluding carboxylic acids is 3. The minimum atomic E-state index is -1.46. The fraction of sp³-hybridized carbons (Fsp3) is 0.250. The molecule has 0 spiro atoms. The van der Waals surface area contributed by atoms with Gasteiger partial charge in [0.1, 0.15) is 0 Å². The Balaban J connectivity index is 1.74. The van der Waals surface area contributed by atoms with Crippen LogP contribution in [-0.2, 0) is 25.5 Å². The molecule has 0 aliphatic rings. The number of aliphatic hydroxyl groups is 1. The summed E-state index contributed by atoms with van der Waals surface area (Å²) in [6, 6.07) is 15.6. The molecule has 2 aromatic carbocycles. The molecule has 27 heavy (non-hydrogen) atoms. The molecule has 0 bridgehead atoms. The van der Waals surface area contributed by atoms with Crippen LogP contribution >= 0.6 is 0 Å². The molecule has 2 amide bonds. The van der Waals surface area contributed by atoms with Gasteiger partial charge in [-0.2, -0.15) is 0 Å². The monoisotopic (exact) mass is 370 g/mol. The molecule has 1 atom stereocenters. The molecule has 0 saturated heterocycles. The number of amides is 2. The number of carbonyl (C=O) groups is 3. The molecule has 0 saturated carbocycles. The Hall–Kier alpha value is -3.19. The molecule has 3 N–H and O–H groups in total. The van der Waals surface area contributed by atoms with Crippen LogP contribution in [0.25, 0.3) is 0 Å². The van der Waals surface area contributed by atoms with Crippen LogP contribution in [-0.4, -0.2) is 36.0 Å². The highest BCUT2D eigenvalue weighted by atomic mass is 16.5. The Bertz CT molecular complexity index is 792. The summed E-state index contributed by atoms with van der Waals surface area (Å²) in [6.07, 6.45) is -0.699. The van der Waals surface area contributed by atoms with Crippen LogP contribution in [0.3, 0.4) is 0 Å². The zero-order chi connectivity index (χ0) is 19.6. The van der Waals surface area contributed by atoms with Crippen LogP contribution in [0, 0.1) is 0 Å². The van der Waals surface area contributed by atoms with E-state index in [1.165, 1.54) is 0 Å². The number of rotatable bonds is 8. The van der Waals surface area contributed by atoms with Gasteiger partial charge in [-0.15, -0.1) is 0 Å². The van der Waals surface area contributed by atoms with E-state index in [1.807, 2.05) is 25.1 Å². The van der Waals surface area contributed by atoms with E-state index in [0.717, 1.165) is 12.0 Å². The van der Waals surface area contributed by atoms with Gasteiger partial charge >= 0.3 is 5.97 Å². The molecule has 142 valence electrons. The summed E-state index contributed by atoms with van der Waals surface area (Å²) in [5.74, 6) is -1.96. The second-order valence-corrected chi connectivity index (χ2v) is 5.76. The Kier molecular flexibility index (Phi) is 7.51. The fourth-order valence-corrected chi connectivity index (χ4v) is 2.36. The maximum absolute atomic E-state index is 11.9. The van der Waals surface area contributed by atoms with Crippen molar-refractivity contribution in [3.63, 3.8) is 0 Å². The van der Waals surface area contributed by atoms with Gasteiger partial charge in [0.2, 0.25) is 5.91 Å². The van der Waals surface area contributed by atoms with Crippen LogP contribution in [0.4, 0.5) is 5.69 Å². The number of para-hydroxylation sites is 1. The minimum absolute atomic E-state index is 0.254. The maximum Gasteiger partial charge on any atom is 0.340 e. The van der Waals surface area contributed by atoms with Gasteiger partial charge in [-0.1, -0.05) is 55.5 Å². The van der Waals surface area contributed by atoms with E-state index in [9.17, 15) is 19.5 Å². The minimum Gasteiger partial charge on any atom is -0.453 e. The second kappa shape index (κ2) is 10.1. The molecule has 0 heterocycles. The summed E-state index contributed by atoms with van der Waals surface area (Å²) < 4.78 is 4.77. The fourth-order valence-electron chi connectivity index (χ4n) is 2.36. The number of benzene rings is 2. The van der Waals surface area contributed by atoms with Gasteiger partial charge in [0.05, 0.1) is 6.54 Å². The van der Waals surface area contributed by atoms with E-state index in [4.69, 9.17) is 4.74 Å². The standard InChI is InChI=1S/C20H22N2O5/c1-2-14-8-6-7-11-16(14)22-17(23)12-21-18(24)13-27-20(26)19(25)15-9-4-3-5-10-15/h3-11,19,25H,2,12-13H2,1H3,(H,21,24)(H,22,23)/t19-/m1/s1. The number of esters is 1. The normalized spacial score (nSPS) is 11.3. The molecule has 0 fully saturated rings. The molecule has 7 heteroatoms. The van der Waals surface area contributed by atoms with Gasteiger partial charge in [0.15, 0.2) is 12.7 Å². The molecular weight excluding hydrogens is 348 g/mol. The van der Waals surface area contributed by atoms with Crippen LogP contribution < -0.4 is 10.6 Å². The third-order valence-corrected chi connectivity index (χ3v) is 3.80. The highest BCUT2D eigenvalue weighted by Gasteiger charge is 2.19. The lowest BCUT2D eigenvalue weighted by Crippen LogP contribution is -2.36. The summed E-state index contributed by atoms with van der Waals surface area (Å²) >= 11 is 0. The van der Waals surface area contributed by atoms with Gasteiger partial charge in [-0.05, 0) is 23.6 Å². The number of nitrogens with one attached hydrogen (secondary N) is 2. The summed E-state index contributed by atoms with van der Waals surface area (Å²) in [5, 5.41) is 14.9. The van der Waals surface area contributed by atoms with Crippen molar-refractivity contribution in [2.24, 2.45) is 0 Å². The van der Waals surface area contributed by atoms with Gasteiger partial charge in [0.25, 0.3) is 5.91 Å². The summed E-state index contributed by atoms with van der Waals surface area (Å²) in [5.41, 5.74) is 2.05. The molecule has 2 rings (SSSR count). The highest BCUT2D eigenvalue weighted by molar-refractivity contribution is 5.95. The highest BCUT2D eigenvalue weighted by Crippen LogP contribution is 2.15. The lowest BCUT2D eigenvalue weighted by Gasteiger charge is -2.12. The van der Waals surface area contributed by atoms with Crippen molar-refractivity contribution < 1.29 is 24.2 Å². The number of ether oxygens (including phenoxy) is 1. The van der Waals surface area contributed by atoms with Gasteiger partial charge < -0.3 is 20.5 Å². The van der Waals surface area contributed by atoms with E-state index < -0.39 is 24.6 Å². The summed E-state index contributed by atoms with van der Waals surface area (Å²) in [6.45, 7) is 1.14. The van der Waals surface area contributed by atoms with E-state index in [-0.39, 0.29) is 12.5 Å². The first-order chi connectivity index (χ1) is 13.0. The summed E-state index contributed by atoms with van der Waals surface area (Å²) in [4.78, 5) is 35.4. The zero-order valence-electron chi connectivity index (χ0n) is 15.0. The first-order valence-corrected chi connectivity index (χ1v) is 8.55. The number of anilines is 1. The largest absolute Gasteiger partial charge is 0.453 e. The molecule has 7 nitrogen and oxygen atoms in total. The zero-order valence-corrected chi connectivity index (χ0v) is 15.0. The third-order valence-electron chi connectivity index (χ3n) is 3.80. The Labute approximate surface area is 157 Å². The molecule has 0 aromatic heterocycles. The Morgan fingerprint density at radius 1 is 1.00 bits per heavy atom. The van der Waals surface area contributed by atoms with Gasteiger partial charge in [-0.25, -0.2) is 4.79 Å². The number of hydrogen-bond acceptors (Lipinski definition) is 5. The van der Waals surface area contributed by atoms with E-state index in [0.29, 0.717) is 11.3 Å². The van der Waals surface area contributed by atoms with E-state index in [1.54, 1.807) is 36.4 Å². The third kappa shape index (κ3) is 6.23. The van der Waals surface area contributed by atoms with Crippen LogP contribution in [0.1, 0.15) is 24.2 Å². The Morgan fingerprint density at radius 3 is 2.37 bits per heavy atom. The van der Waals surface area contributed by atoms with Crippen molar-refractivity contribution in [3.05, 3.63) is 65.7 Å². The molecular formula is C20H22N2O5. The van der Waals surface area contributed by atoms with Crippen molar-refractivity contribution in [2.75, 3.05) is 18.5 Å². The quantitative estimate of drug-likeness (QED) is 0.612. The van der Waals surface area contributed by atoms with E-state index >= 15 is 0 Å². The second-order valence-electron chi connectivity index (χ2n) is 5.76. The van der Waals surface area contributed by atoms with Gasteiger partial charge in [-0.3, -0.25) is 9.59 Å². The predicted molar refractivity (Wildman–Crippen MR) is 99.8 cm³/mol. The first-order valence-electron chi connectivity index (χ1n) is 8.55. The number of hydrogen-bond donors (Lipinski definition) is 3. The van der Waals surface area contributed by atoms with Crippen molar-refractivity contribution in [2.45, 2.75) is 19.4 Å². The molecule has 0 aliphatic carbocycles. The number of aryl methyl sites for hydroxylation is 1. The van der Waals surface area contributed by atoms with Crippen LogP contribution in [0.15, 0.2) is 54.6 Å². The van der Waals surface area contributed by atoms with Crippen molar-refractivity contribution >= 4 is 23.5 Å². The molecule has 0 unspecified atom stereocenters. The summed E-state index contributed by atoms with van der Waals surface area (Å²) in [7, 11) is 0. The average Bonchev–Trinajstić information content (AvgIpc) is 2.71. The van der Waals surface area contributed by atoms with Crippen molar-refractivity contribution in [3.8, 4) is 0 Å². The lowest BCUT2D eigenvalue weighted by molar-refractivity contribution is -0.157. The molecule has 2 aromatic rings. The predicted octanol–water partition coefficient (Wildman–Crippen LogP) is 1.58. The van der Waals surface area contributed by atoms with Crippen molar-refractivity contribution in [1.29, 1.82) is 0 Å². The Morgan fingerprint density at radius 2 is 1.67 bits per heavy atom. The first kappa shape index (κ1) is 20.1. The molecule has 0 radical (unpaired) electrons.